The second-order valence-electron chi connectivity index (χ2n) is 4.98. The van der Waals surface area contributed by atoms with E-state index in [0.29, 0.717) is 26.9 Å². The molecular formula is C18H14Cl2N2O2. The Labute approximate surface area is 150 Å². The zero-order valence-electron chi connectivity index (χ0n) is 12.6. The third-order valence-electron chi connectivity index (χ3n) is 3.11. The van der Waals surface area contributed by atoms with Gasteiger partial charge in [-0.3, -0.25) is 9.59 Å². The summed E-state index contributed by atoms with van der Waals surface area (Å²) in [5.41, 5.74) is 1.95. The summed E-state index contributed by atoms with van der Waals surface area (Å²) in [6, 6.07) is 11.8. The van der Waals surface area contributed by atoms with Crippen LogP contribution in [0.1, 0.15) is 11.1 Å². The summed E-state index contributed by atoms with van der Waals surface area (Å²) in [6.07, 6.45) is 5.41. The Bertz CT molecular complexity index is 813. The SMILES string of the molecule is C#Cc1cccc(NC(=O)CNC(=O)Cc2ccc(Cl)c(Cl)c2)c1. The number of nitrogens with one attached hydrogen (secondary N) is 2. The van der Waals surface area contributed by atoms with E-state index in [4.69, 9.17) is 29.6 Å². The van der Waals surface area contributed by atoms with Crippen LogP contribution < -0.4 is 10.6 Å². The van der Waals surface area contributed by atoms with Gasteiger partial charge >= 0.3 is 0 Å². The van der Waals surface area contributed by atoms with Crippen LogP contribution >= 0.6 is 23.2 Å². The topological polar surface area (TPSA) is 58.2 Å². The van der Waals surface area contributed by atoms with Crippen molar-refractivity contribution < 1.29 is 9.59 Å². The highest BCUT2D eigenvalue weighted by Crippen LogP contribution is 2.22. The first kappa shape index (κ1) is 17.9. The van der Waals surface area contributed by atoms with Gasteiger partial charge in [-0.15, -0.1) is 6.42 Å². The predicted molar refractivity (Wildman–Crippen MR) is 96.2 cm³/mol. The lowest BCUT2D eigenvalue weighted by atomic mass is 10.1. The van der Waals surface area contributed by atoms with E-state index in [1.54, 1.807) is 42.5 Å². The lowest BCUT2D eigenvalue weighted by Crippen LogP contribution is -2.33. The van der Waals surface area contributed by atoms with E-state index >= 15 is 0 Å². The molecule has 24 heavy (non-hydrogen) atoms. The fourth-order valence-electron chi connectivity index (χ4n) is 1.97. The zero-order valence-corrected chi connectivity index (χ0v) is 14.1. The van der Waals surface area contributed by atoms with E-state index in [0.717, 1.165) is 0 Å². The number of carbonyl (C=O) groups is 2. The molecule has 2 aromatic rings. The average Bonchev–Trinajstić information content (AvgIpc) is 2.56. The number of anilines is 1. The van der Waals surface area contributed by atoms with Gasteiger partial charge in [0.25, 0.3) is 0 Å². The van der Waals surface area contributed by atoms with Crippen molar-refractivity contribution >= 4 is 40.7 Å². The molecule has 0 bridgehead atoms. The van der Waals surface area contributed by atoms with Gasteiger partial charge < -0.3 is 10.6 Å². The Kier molecular flexibility index (Phi) is 6.25. The maximum atomic E-state index is 11.9. The third kappa shape index (κ3) is 5.31. The molecular weight excluding hydrogens is 347 g/mol. The van der Waals surface area contributed by atoms with Crippen LogP contribution in [0.2, 0.25) is 10.0 Å². The molecule has 2 aromatic carbocycles. The van der Waals surface area contributed by atoms with Gasteiger partial charge in [0.05, 0.1) is 23.0 Å². The number of terminal acetylenes is 1. The highest BCUT2D eigenvalue weighted by molar-refractivity contribution is 6.42. The first-order valence-corrected chi connectivity index (χ1v) is 7.80. The number of rotatable bonds is 5. The molecule has 4 nitrogen and oxygen atoms in total. The Morgan fingerprint density at radius 2 is 1.83 bits per heavy atom. The molecule has 0 saturated carbocycles. The van der Waals surface area contributed by atoms with E-state index in [1.807, 2.05) is 0 Å². The van der Waals surface area contributed by atoms with Crippen LogP contribution in [0.5, 0.6) is 0 Å². The zero-order chi connectivity index (χ0) is 17.5. The molecule has 0 spiro atoms. The molecule has 0 unspecified atom stereocenters. The molecule has 0 aliphatic heterocycles. The number of carbonyl (C=O) groups excluding carboxylic acids is 2. The van der Waals surface area contributed by atoms with Gasteiger partial charge in [-0.1, -0.05) is 41.3 Å². The van der Waals surface area contributed by atoms with Crippen LogP contribution in [-0.4, -0.2) is 18.4 Å². The summed E-state index contributed by atoms with van der Waals surface area (Å²) < 4.78 is 0. The van der Waals surface area contributed by atoms with Crippen molar-refractivity contribution in [3.05, 3.63) is 63.6 Å². The standard InChI is InChI=1S/C18H14Cl2N2O2/c1-2-12-4-3-5-14(8-12)22-18(24)11-21-17(23)10-13-6-7-15(19)16(20)9-13/h1,3-9H,10-11H2,(H,21,23)(H,22,24). The van der Waals surface area contributed by atoms with Gasteiger partial charge in [0.15, 0.2) is 0 Å². The van der Waals surface area contributed by atoms with Crippen LogP contribution in [0.25, 0.3) is 0 Å². The largest absolute Gasteiger partial charge is 0.347 e. The molecule has 0 saturated heterocycles. The van der Waals surface area contributed by atoms with Crippen LogP contribution in [0.3, 0.4) is 0 Å². The van der Waals surface area contributed by atoms with Crippen LogP contribution in [-0.2, 0) is 16.0 Å². The minimum absolute atomic E-state index is 0.108. The number of benzene rings is 2. The second-order valence-corrected chi connectivity index (χ2v) is 5.79. The highest BCUT2D eigenvalue weighted by Gasteiger charge is 2.08. The van der Waals surface area contributed by atoms with E-state index in [-0.39, 0.29) is 24.8 Å². The van der Waals surface area contributed by atoms with Gasteiger partial charge in [-0.25, -0.2) is 0 Å². The summed E-state index contributed by atoms with van der Waals surface area (Å²) in [6.45, 7) is -0.138. The lowest BCUT2D eigenvalue weighted by molar-refractivity contribution is -0.123. The minimum Gasteiger partial charge on any atom is -0.347 e. The Balaban J connectivity index is 1.83. The Hall–Kier alpha value is -2.48. The highest BCUT2D eigenvalue weighted by atomic mass is 35.5. The van der Waals surface area contributed by atoms with E-state index in [9.17, 15) is 9.59 Å². The van der Waals surface area contributed by atoms with Crippen molar-refractivity contribution in [2.45, 2.75) is 6.42 Å². The van der Waals surface area contributed by atoms with Gasteiger partial charge in [0, 0.05) is 11.3 Å². The summed E-state index contributed by atoms with van der Waals surface area (Å²) in [4.78, 5) is 23.7. The maximum absolute atomic E-state index is 11.9. The Morgan fingerprint density at radius 1 is 1.04 bits per heavy atom. The molecule has 2 rings (SSSR count). The average molecular weight is 361 g/mol. The molecule has 0 heterocycles. The summed E-state index contributed by atoms with van der Waals surface area (Å²) in [5, 5.41) is 6.02. The first-order chi connectivity index (χ1) is 11.5. The first-order valence-electron chi connectivity index (χ1n) is 7.05. The fraction of sp³-hybridized carbons (Fsp3) is 0.111. The summed E-state index contributed by atoms with van der Waals surface area (Å²) >= 11 is 11.7. The molecule has 0 atom stereocenters. The van der Waals surface area contributed by atoms with Crippen molar-refractivity contribution in [2.75, 3.05) is 11.9 Å². The van der Waals surface area contributed by atoms with Crippen molar-refractivity contribution in [1.82, 2.24) is 5.32 Å². The molecule has 122 valence electrons. The molecule has 6 heteroatoms. The number of halogens is 2. The molecule has 2 N–H and O–H groups in total. The summed E-state index contributed by atoms with van der Waals surface area (Å²) in [5.74, 6) is 1.85. The van der Waals surface area contributed by atoms with Crippen LogP contribution in [0, 0.1) is 12.3 Å². The number of hydrogen-bond acceptors (Lipinski definition) is 2. The Morgan fingerprint density at radius 3 is 2.54 bits per heavy atom. The van der Waals surface area contributed by atoms with Crippen molar-refractivity contribution in [3.8, 4) is 12.3 Å². The minimum atomic E-state index is -0.341. The molecule has 2 amide bonds. The second kappa shape index (κ2) is 8.39. The van der Waals surface area contributed by atoms with E-state index in [2.05, 4.69) is 16.6 Å². The molecule has 0 aromatic heterocycles. The number of hydrogen-bond donors (Lipinski definition) is 2. The third-order valence-corrected chi connectivity index (χ3v) is 3.85. The van der Waals surface area contributed by atoms with E-state index < -0.39 is 0 Å². The smallest absolute Gasteiger partial charge is 0.243 e. The maximum Gasteiger partial charge on any atom is 0.243 e. The summed E-state index contributed by atoms with van der Waals surface area (Å²) in [7, 11) is 0. The van der Waals surface area contributed by atoms with Gasteiger partial charge in [-0.2, -0.15) is 0 Å². The molecule has 0 fully saturated rings. The van der Waals surface area contributed by atoms with Gasteiger partial charge in [0.1, 0.15) is 0 Å². The monoisotopic (exact) mass is 360 g/mol. The van der Waals surface area contributed by atoms with Gasteiger partial charge in [0.2, 0.25) is 11.8 Å². The van der Waals surface area contributed by atoms with Crippen molar-refractivity contribution in [3.63, 3.8) is 0 Å². The normalized spacial score (nSPS) is 9.88. The molecule has 0 aliphatic carbocycles. The van der Waals surface area contributed by atoms with Crippen molar-refractivity contribution in [1.29, 1.82) is 0 Å². The molecule has 0 aliphatic rings. The lowest BCUT2D eigenvalue weighted by Gasteiger charge is -2.08. The molecule has 0 radical (unpaired) electrons. The predicted octanol–water partition coefficient (Wildman–Crippen LogP) is 3.27. The van der Waals surface area contributed by atoms with Crippen molar-refractivity contribution in [2.24, 2.45) is 0 Å². The fourth-order valence-corrected chi connectivity index (χ4v) is 2.29. The quantitative estimate of drug-likeness (QED) is 0.803. The van der Waals surface area contributed by atoms with Crippen LogP contribution in [0.4, 0.5) is 5.69 Å². The number of amides is 2. The van der Waals surface area contributed by atoms with E-state index in [1.165, 1.54) is 0 Å². The van der Waals surface area contributed by atoms with Crippen LogP contribution in [0.15, 0.2) is 42.5 Å². The van der Waals surface area contributed by atoms with Gasteiger partial charge in [-0.05, 0) is 35.9 Å².